The van der Waals surface area contributed by atoms with Gasteiger partial charge in [0.25, 0.3) is 0 Å². The van der Waals surface area contributed by atoms with Crippen LogP contribution in [-0.2, 0) is 9.53 Å². The minimum atomic E-state index is -0.168. The minimum absolute atomic E-state index is 0.168. The van der Waals surface area contributed by atoms with E-state index in [1.807, 2.05) is 19.1 Å². The Morgan fingerprint density at radius 2 is 2.40 bits per heavy atom. The first-order valence-electron chi connectivity index (χ1n) is 3.33. The Bertz CT molecular complexity index is 189. The third-order valence-corrected chi connectivity index (χ3v) is 1.36. The molecule has 0 aliphatic carbocycles. The molecule has 0 spiro atoms. The van der Waals surface area contributed by atoms with Gasteiger partial charge in [-0.15, -0.1) is 0 Å². The first kappa shape index (κ1) is 7.06. The number of esters is 1. The molecule has 1 heterocycles. The van der Waals surface area contributed by atoms with Crippen molar-refractivity contribution in [2.24, 2.45) is 0 Å². The van der Waals surface area contributed by atoms with Crippen molar-refractivity contribution < 1.29 is 9.53 Å². The van der Waals surface area contributed by atoms with Gasteiger partial charge in [-0.1, -0.05) is 18.2 Å². The zero-order chi connectivity index (χ0) is 7.40. The van der Waals surface area contributed by atoms with Crippen LogP contribution in [0.3, 0.4) is 0 Å². The van der Waals surface area contributed by atoms with Crippen molar-refractivity contribution in [1.29, 1.82) is 0 Å². The van der Waals surface area contributed by atoms with Crippen LogP contribution in [0.2, 0.25) is 0 Å². The Hall–Kier alpha value is -1.05. The Morgan fingerprint density at radius 1 is 1.60 bits per heavy atom. The molecular formula is C8H10O2. The molecule has 1 aliphatic heterocycles. The van der Waals surface area contributed by atoms with E-state index in [0.717, 1.165) is 12.0 Å². The lowest BCUT2D eigenvalue weighted by atomic mass is 10.2. The highest BCUT2D eigenvalue weighted by Crippen LogP contribution is 2.12. The summed E-state index contributed by atoms with van der Waals surface area (Å²) >= 11 is 0. The van der Waals surface area contributed by atoms with E-state index in [1.165, 1.54) is 0 Å². The average molecular weight is 138 g/mol. The third kappa shape index (κ3) is 1.47. The van der Waals surface area contributed by atoms with Crippen LogP contribution < -0.4 is 0 Å². The second-order valence-corrected chi connectivity index (χ2v) is 2.10. The van der Waals surface area contributed by atoms with Crippen molar-refractivity contribution in [3.63, 3.8) is 0 Å². The SMILES string of the molecule is C/C=C/C=C1\CCOC1=O. The monoisotopic (exact) mass is 138 g/mol. The van der Waals surface area contributed by atoms with Gasteiger partial charge in [0.15, 0.2) is 0 Å². The standard InChI is InChI=1S/C8H10O2/c1-2-3-4-7-5-6-10-8(7)9/h2-4H,5-6H2,1H3/b3-2+,7-4+. The van der Waals surface area contributed by atoms with Crippen LogP contribution in [0.15, 0.2) is 23.8 Å². The van der Waals surface area contributed by atoms with Crippen molar-refractivity contribution >= 4 is 5.97 Å². The summed E-state index contributed by atoms with van der Waals surface area (Å²) in [5.74, 6) is -0.168. The number of allylic oxidation sites excluding steroid dienone is 3. The molecule has 1 aliphatic rings. The van der Waals surface area contributed by atoms with Gasteiger partial charge in [0, 0.05) is 12.0 Å². The molecule has 0 aromatic carbocycles. The van der Waals surface area contributed by atoms with E-state index >= 15 is 0 Å². The van der Waals surface area contributed by atoms with E-state index in [4.69, 9.17) is 4.74 Å². The number of carbonyl (C=O) groups excluding carboxylic acids is 1. The van der Waals surface area contributed by atoms with E-state index in [2.05, 4.69) is 0 Å². The maximum Gasteiger partial charge on any atom is 0.334 e. The van der Waals surface area contributed by atoms with E-state index < -0.39 is 0 Å². The maximum absolute atomic E-state index is 10.8. The van der Waals surface area contributed by atoms with E-state index in [0.29, 0.717) is 6.61 Å². The fraction of sp³-hybridized carbons (Fsp3) is 0.375. The Kier molecular flexibility index (Phi) is 2.26. The lowest BCUT2D eigenvalue weighted by molar-refractivity contribution is -0.135. The summed E-state index contributed by atoms with van der Waals surface area (Å²) in [6.45, 7) is 2.46. The highest BCUT2D eigenvalue weighted by atomic mass is 16.5. The molecule has 54 valence electrons. The normalized spacial score (nSPS) is 22.5. The molecular weight excluding hydrogens is 128 g/mol. The van der Waals surface area contributed by atoms with Gasteiger partial charge in [0.2, 0.25) is 0 Å². The molecule has 0 saturated carbocycles. The quantitative estimate of drug-likeness (QED) is 0.405. The van der Waals surface area contributed by atoms with Crippen LogP contribution >= 0.6 is 0 Å². The summed E-state index contributed by atoms with van der Waals surface area (Å²) in [6.07, 6.45) is 6.29. The zero-order valence-electron chi connectivity index (χ0n) is 5.96. The molecule has 0 amide bonds. The molecule has 2 heteroatoms. The highest BCUT2D eigenvalue weighted by Gasteiger charge is 2.16. The fourth-order valence-electron chi connectivity index (χ4n) is 0.812. The summed E-state index contributed by atoms with van der Waals surface area (Å²) in [7, 11) is 0. The van der Waals surface area contributed by atoms with E-state index in [-0.39, 0.29) is 5.97 Å². The summed E-state index contributed by atoms with van der Waals surface area (Å²) in [6, 6.07) is 0. The summed E-state index contributed by atoms with van der Waals surface area (Å²) in [5, 5.41) is 0. The van der Waals surface area contributed by atoms with Crippen LogP contribution in [0.5, 0.6) is 0 Å². The number of hydrogen-bond acceptors (Lipinski definition) is 2. The second-order valence-electron chi connectivity index (χ2n) is 2.10. The molecule has 0 aromatic rings. The van der Waals surface area contributed by atoms with Gasteiger partial charge in [0.1, 0.15) is 0 Å². The molecule has 1 fully saturated rings. The molecule has 1 saturated heterocycles. The minimum Gasteiger partial charge on any atom is -0.462 e. The Labute approximate surface area is 60.2 Å². The van der Waals surface area contributed by atoms with Crippen molar-refractivity contribution in [3.8, 4) is 0 Å². The van der Waals surface area contributed by atoms with Crippen molar-refractivity contribution in [2.45, 2.75) is 13.3 Å². The van der Waals surface area contributed by atoms with Crippen LogP contribution in [0.25, 0.3) is 0 Å². The molecule has 0 atom stereocenters. The van der Waals surface area contributed by atoms with Crippen molar-refractivity contribution in [3.05, 3.63) is 23.8 Å². The number of carbonyl (C=O) groups is 1. The number of cyclic esters (lactones) is 1. The molecule has 10 heavy (non-hydrogen) atoms. The Morgan fingerprint density at radius 3 is 2.90 bits per heavy atom. The Balaban J connectivity index is 2.62. The molecule has 0 aromatic heterocycles. The topological polar surface area (TPSA) is 26.3 Å². The van der Waals surface area contributed by atoms with Crippen molar-refractivity contribution in [1.82, 2.24) is 0 Å². The molecule has 1 rings (SSSR count). The van der Waals surface area contributed by atoms with Crippen molar-refractivity contribution in [2.75, 3.05) is 6.61 Å². The predicted octanol–water partition coefficient (Wildman–Crippen LogP) is 1.44. The second kappa shape index (κ2) is 3.20. The lowest BCUT2D eigenvalue weighted by Gasteiger charge is -1.85. The van der Waals surface area contributed by atoms with Gasteiger partial charge in [0.05, 0.1) is 6.61 Å². The molecule has 0 N–H and O–H groups in total. The van der Waals surface area contributed by atoms with E-state index in [9.17, 15) is 4.79 Å². The number of rotatable bonds is 1. The molecule has 0 radical (unpaired) electrons. The van der Waals surface area contributed by atoms with E-state index in [1.54, 1.807) is 6.08 Å². The average Bonchev–Trinajstić information content (AvgIpc) is 2.31. The van der Waals surface area contributed by atoms with Gasteiger partial charge in [-0.05, 0) is 6.92 Å². The largest absolute Gasteiger partial charge is 0.462 e. The lowest BCUT2D eigenvalue weighted by Crippen LogP contribution is -1.93. The predicted molar refractivity (Wildman–Crippen MR) is 38.5 cm³/mol. The van der Waals surface area contributed by atoms with Crippen LogP contribution in [0, 0.1) is 0 Å². The van der Waals surface area contributed by atoms with Gasteiger partial charge in [-0.2, -0.15) is 0 Å². The summed E-state index contributed by atoms with van der Waals surface area (Å²) in [5.41, 5.74) is 0.776. The first-order valence-corrected chi connectivity index (χ1v) is 3.33. The smallest absolute Gasteiger partial charge is 0.334 e. The van der Waals surface area contributed by atoms with Gasteiger partial charge in [-0.25, -0.2) is 4.79 Å². The molecule has 2 nitrogen and oxygen atoms in total. The van der Waals surface area contributed by atoms with Gasteiger partial charge < -0.3 is 4.74 Å². The maximum atomic E-state index is 10.8. The summed E-state index contributed by atoms with van der Waals surface area (Å²) in [4.78, 5) is 10.8. The molecule has 0 unspecified atom stereocenters. The fourth-order valence-corrected chi connectivity index (χ4v) is 0.812. The third-order valence-electron chi connectivity index (χ3n) is 1.36. The highest BCUT2D eigenvalue weighted by molar-refractivity contribution is 5.90. The number of ether oxygens (including phenoxy) is 1. The van der Waals surface area contributed by atoms with Gasteiger partial charge in [-0.3, -0.25) is 0 Å². The summed E-state index contributed by atoms with van der Waals surface area (Å²) < 4.78 is 4.72. The van der Waals surface area contributed by atoms with Crippen LogP contribution in [-0.4, -0.2) is 12.6 Å². The van der Waals surface area contributed by atoms with Crippen LogP contribution in [0.4, 0.5) is 0 Å². The number of hydrogen-bond donors (Lipinski definition) is 0. The zero-order valence-corrected chi connectivity index (χ0v) is 5.96. The van der Waals surface area contributed by atoms with Crippen LogP contribution in [0.1, 0.15) is 13.3 Å². The molecule has 0 bridgehead atoms. The first-order chi connectivity index (χ1) is 4.84. The van der Waals surface area contributed by atoms with Gasteiger partial charge >= 0.3 is 5.97 Å².